The summed E-state index contributed by atoms with van der Waals surface area (Å²) in [4.78, 5) is 7.58. The average Bonchev–Trinajstić information content (AvgIpc) is 2.04. The lowest BCUT2D eigenvalue weighted by Gasteiger charge is -2.01. The predicted molar refractivity (Wildman–Crippen MR) is 47.2 cm³/mol. The summed E-state index contributed by atoms with van der Waals surface area (Å²) in [6.45, 7) is 0. The minimum Gasteiger partial charge on any atom is -0.376 e. The van der Waals surface area contributed by atoms with Crippen LogP contribution in [0.2, 0.25) is 0 Å². The van der Waals surface area contributed by atoms with E-state index in [4.69, 9.17) is 11.0 Å². The van der Waals surface area contributed by atoms with Gasteiger partial charge in [0.25, 0.3) is 0 Å². The Kier molecular flexibility index (Phi) is 2.50. The summed E-state index contributed by atoms with van der Waals surface area (Å²) in [6, 6.07) is 1.85. The van der Waals surface area contributed by atoms with Crippen molar-refractivity contribution in [3.05, 3.63) is 18.1 Å². The summed E-state index contributed by atoms with van der Waals surface area (Å²) in [5, 5.41) is 11.2. The number of nitrogens with one attached hydrogen (secondary N) is 1. The highest BCUT2D eigenvalue weighted by molar-refractivity contribution is 7.80. The fourth-order valence-corrected chi connectivity index (χ4v) is 0.725. The Morgan fingerprint density at radius 2 is 2.25 bits per heavy atom. The number of aromatic nitrogens is 2. The molecule has 0 saturated heterocycles. The van der Waals surface area contributed by atoms with Gasteiger partial charge in [0.2, 0.25) is 0 Å². The zero-order chi connectivity index (χ0) is 8.97. The standard InChI is InChI=1S/C6H5N5S/c7-3-4-5(11-6(8)12)10-2-1-9-4/h1-2H,(H3,8,10,11,12). The first-order valence-corrected chi connectivity index (χ1v) is 3.42. The molecule has 1 heterocycles. The van der Waals surface area contributed by atoms with E-state index in [1.807, 2.05) is 6.07 Å². The Morgan fingerprint density at radius 1 is 1.58 bits per heavy atom. The summed E-state index contributed by atoms with van der Waals surface area (Å²) in [7, 11) is 0. The Balaban J connectivity index is 2.99. The molecule has 0 bridgehead atoms. The Bertz CT molecular complexity index is 342. The van der Waals surface area contributed by atoms with Crippen LogP contribution in [-0.4, -0.2) is 15.1 Å². The molecule has 6 heteroatoms. The van der Waals surface area contributed by atoms with Crippen molar-refractivity contribution < 1.29 is 0 Å². The normalized spacial score (nSPS) is 8.58. The van der Waals surface area contributed by atoms with Gasteiger partial charge in [-0.1, -0.05) is 0 Å². The van der Waals surface area contributed by atoms with Crippen molar-refractivity contribution in [1.29, 1.82) is 5.26 Å². The highest BCUT2D eigenvalue weighted by atomic mass is 32.1. The van der Waals surface area contributed by atoms with Gasteiger partial charge in [0.15, 0.2) is 16.6 Å². The van der Waals surface area contributed by atoms with Crippen LogP contribution in [0.4, 0.5) is 5.82 Å². The second-order valence-corrected chi connectivity index (χ2v) is 2.29. The highest BCUT2D eigenvalue weighted by Crippen LogP contribution is 2.04. The van der Waals surface area contributed by atoms with Crippen molar-refractivity contribution in [3.8, 4) is 6.07 Å². The van der Waals surface area contributed by atoms with Gasteiger partial charge >= 0.3 is 0 Å². The summed E-state index contributed by atoms with van der Waals surface area (Å²) >= 11 is 4.57. The molecule has 0 atom stereocenters. The number of nitriles is 1. The first-order valence-electron chi connectivity index (χ1n) is 3.01. The monoisotopic (exact) mass is 179 g/mol. The van der Waals surface area contributed by atoms with Crippen molar-refractivity contribution in [2.75, 3.05) is 5.32 Å². The minimum absolute atomic E-state index is 0.0620. The van der Waals surface area contributed by atoms with E-state index in [-0.39, 0.29) is 16.6 Å². The molecule has 0 radical (unpaired) electrons. The maximum atomic E-state index is 8.55. The smallest absolute Gasteiger partial charge is 0.183 e. The van der Waals surface area contributed by atoms with E-state index in [9.17, 15) is 0 Å². The van der Waals surface area contributed by atoms with E-state index in [1.54, 1.807) is 0 Å². The van der Waals surface area contributed by atoms with Gasteiger partial charge in [0.05, 0.1) is 0 Å². The van der Waals surface area contributed by atoms with Crippen LogP contribution in [0.15, 0.2) is 12.4 Å². The number of nitrogens with zero attached hydrogens (tertiary/aromatic N) is 3. The van der Waals surface area contributed by atoms with Crippen LogP contribution in [0.25, 0.3) is 0 Å². The summed E-state index contributed by atoms with van der Waals surface area (Å²) in [5.74, 6) is 0.285. The second kappa shape index (κ2) is 3.59. The predicted octanol–water partition coefficient (Wildman–Crippen LogP) is 0.00378. The number of anilines is 1. The molecule has 5 nitrogen and oxygen atoms in total. The van der Waals surface area contributed by atoms with Crippen LogP contribution in [0.1, 0.15) is 5.69 Å². The Hall–Kier alpha value is -1.74. The first-order chi connectivity index (χ1) is 5.74. The molecule has 1 rings (SSSR count). The first kappa shape index (κ1) is 8.36. The lowest BCUT2D eigenvalue weighted by atomic mass is 10.4. The lowest BCUT2D eigenvalue weighted by molar-refractivity contribution is 1.17. The SMILES string of the molecule is N#Cc1nccnc1NC(N)=S. The minimum atomic E-state index is 0.0620. The van der Waals surface area contributed by atoms with Gasteiger partial charge in [0.1, 0.15) is 6.07 Å². The van der Waals surface area contributed by atoms with E-state index < -0.39 is 0 Å². The Morgan fingerprint density at radius 3 is 2.83 bits per heavy atom. The van der Waals surface area contributed by atoms with Gasteiger partial charge in [-0.25, -0.2) is 9.97 Å². The molecule has 0 saturated carbocycles. The van der Waals surface area contributed by atoms with E-state index >= 15 is 0 Å². The molecule has 0 unspecified atom stereocenters. The van der Waals surface area contributed by atoms with E-state index in [0.29, 0.717) is 0 Å². The van der Waals surface area contributed by atoms with Gasteiger partial charge in [-0.15, -0.1) is 0 Å². The zero-order valence-electron chi connectivity index (χ0n) is 5.98. The van der Waals surface area contributed by atoms with Gasteiger partial charge in [-0.3, -0.25) is 0 Å². The molecular formula is C6H5N5S. The van der Waals surface area contributed by atoms with Crippen LogP contribution in [0, 0.1) is 11.3 Å². The molecular weight excluding hydrogens is 174 g/mol. The van der Waals surface area contributed by atoms with Crippen molar-refractivity contribution in [3.63, 3.8) is 0 Å². The van der Waals surface area contributed by atoms with Crippen LogP contribution in [0.3, 0.4) is 0 Å². The second-order valence-electron chi connectivity index (χ2n) is 1.85. The topological polar surface area (TPSA) is 87.6 Å². The third-order valence-corrected chi connectivity index (χ3v) is 1.15. The molecule has 0 amide bonds. The Labute approximate surface area is 74.2 Å². The molecule has 3 N–H and O–H groups in total. The van der Waals surface area contributed by atoms with Crippen molar-refractivity contribution >= 4 is 23.1 Å². The average molecular weight is 179 g/mol. The fraction of sp³-hybridized carbons (Fsp3) is 0. The van der Waals surface area contributed by atoms with Crippen molar-refractivity contribution in [2.45, 2.75) is 0 Å². The quantitative estimate of drug-likeness (QED) is 0.590. The number of nitrogens with two attached hydrogens (primary N) is 1. The highest BCUT2D eigenvalue weighted by Gasteiger charge is 2.02. The van der Waals surface area contributed by atoms with Crippen LogP contribution in [-0.2, 0) is 0 Å². The summed E-state index contributed by atoms with van der Waals surface area (Å²) in [6.07, 6.45) is 2.87. The largest absolute Gasteiger partial charge is 0.376 e. The summed E-state index contributed by atoms with van der Waals surface area (Å²) < 4.78 is 0. The maximum Gasteiger partial charge on any atom is 0.183 e. The number of thiocarbonyl (C=S) groups is 1. The van der Waals surface area contributed by atoms with Gasteiger partial charge in [0, 0.05) is 12.4 Å². The summed E-state index contributed by atoms with van der Waals surface area (Å²) in [5.41, 5.74) is 5.36. The number of hydrogen-bond donors (Lipinski definition) is 2. The molecule has 1 aromatic heterocycles. The molecule has 0 aromatic carbocycles. The molecule has 0 aliphatic rings. The van der Waals surface area contributed by atoms with Crippen LogP contribution in [0.5, 0.6) is 0 Å². The van der Waals surface area contributed by atoms with Crippen molar-refractivity contribution in [1.82, 2.24) is 9.97 Å². The zero-order valence-corrected chi connectivity index (χ0v) is 6.80. The third-order valence-electron chi connectivity index (χ3n) is 1.05. The molecule has 12 heavy (non-hydrogen) atoms. The fourth-order valence-electron chi connectivity index (χ4n) is 0.628. The number of rotatable bonds is 1. The van der Waals surface area contributed by atoms with Crippen LogP contribution >= 0.6 is 12.2 Å². The van der Waals surface area contributed by atoms with Gasteiger partial charge < -0.3 is 11.1 Å². The van der Waals surface area contributed by atoms with E-state index in [0.717, 1.165) is 0 Å². The molecule has 0 aliphatic carbocycles. The molecule has 1 aromatic rings. The molecule has 0 aliphatic heterocycles. The van der Waals surface area contributed by atoms with Crippen LogP contribution < -0.4 is 11.1 Å². The van der Waals surface area contributed by atoms with E-state index in [1.165, 1.54) is 12.4 Å². The molecule has 60 valence electrons. The molecule has 0 spiro atoms. The van der Waals surface area contributed by atoms with Gasteiger partial charge in [-0.05, 0) is 12.2 Å². The van der Waals surface area contributed by atoms with E-state index in [2.05, 4.69) is 27.5 Å². The lowest BCUT2D eigenvalue weighted by Crippen LogP contribution is -2.20. The molecule has 0 fully saturated rings. The third kappa shape index (κ3) is 1.87. The van der Waals surface area contributed by atoms with Crippen molar-refractivity contribution in [2.24, 2.45) is 5.73 Å². The maximum absolute atomic E-state index is 8.55. The number of hydrogen-bond acceptors (Lipinski definition) is 4. The van der Waals surface area contributed by atoms with Gasteiger partial charge in [-0.2, -0.15) is 5.26 Å².